The molecular weight excluding hydrogens is 200 g/mol. The highest BCUT2D eigenvalue weighted by atomic mass is 32.1. The van der Waals surface area contributed by atoms with E-state index in [-0.39, 0.29) is 28.6 Å². The minimum Gasteiger partial charge on any atom is -0.392 e. The maximum absolute atomic E-state index is 11.7. The van der Waals surface area contributed by atoms with Crippen molar-refractivity contribution in [2.75, 3.05) is 0 Å². The van der Waals surface area contributed by atoms with E-state index in [1.165, 1.54) is 4.90 Å². The van der Waals surface area contributed by atoms with Crippen LogP contribution in [0.15, 0.2) is 0 Å². The molecule has 78 valence electrons. The Balaban J connectivity index is 2.96. The number of rotatable bonds is 2. The molecule has 0 radical (unpaired) electrons. The van der Waals surface area contributed by atoms with E-state index in [4.69, 9.17) is 18.0 Å². The highest BCUT2D eigenvalue weighted by molar-refractivity contribution is 7.80. The van der Waals surface area contributed by atoms with Gasteiger partial charge in [-0.25, -0.2) is 0 Å². The van der Waals surface area contributed by atoms with Gasteiger partial charge in [-0.3, -0.25) is 14.5 Å². The van der Waals surface area contributed by atoms with Crippen molar-refractivity contribution >= 4 is 29.0 Å². The molecule has 0 aromatic carbocycles. The molecule has 3 atom stereocenters. The summed E-state index contributed by atoms with van der Waals surface area (Å²) in [6.45, 7) is 5.16. The zero-order valence-electron chi connectivity index (χ0n) is 8.48. The second-order valence-corrected chi connectivity index (χ2v) is 4.17. The first-order chi connectivity index (χ1) is 6.37. The van der Waals surface area contributed by atoms with Crippen LogP contribution in [0.4, 0.5) is 0 Å². The van der Waals surface area contributed by atoms with Gasteiger partial charge in [-0.1, -0.05) is 26.1 Å². The summed E-state index contributed by atoms with van der Waals surface area (Å²) < 4.78 is 0. The van der Waals surface area contributed by atoms with Crippen LogP contribution in [0.25, 0.3) is 0 Å². The number of hydrogen-bond acceptors (Lipinski definition) is 3. The Kier molecular flexibility index (Phi) is 2.89. The minimum absolute atomic E-state index is 0.174. The number of likely N-dealkylation sites (tertiary alicyclic amines) is 1. The van der Waals surface area contributed by atoms with E-state index in [0.29, 0.717) is 0 Å². The molecule has 2 N–H and O–H groups in total. The van der Waals surface area contributed by atoms with Crippen LogP contribution in [0.2, 0.25) is 0 Å². The molecular formula is C9H14N2O2S. The second kappa shape index (κ2) is 3.65. The fourth-order valence-corrected chi connectivity index (χ4v) is 1.59. The maximum atomic E-state index is 11.7. The van der Waals surface area contributed by atoms with Gasteiger partial charge < -0.3 is 5.73 Å². The van der Waals surface area contributed by atoms with Crippen molar-refractivity contribution in [1.82, 2.24) is 4.90 Å². The number of imide groups is 1. The Morgan fingerprint density at radius 1 is 1.36 bits per heavy atom. The van der Waals surface area contributed by atoms with Crippen LogP contribution in [0.5, 0.6) is 0 Å². The van der Waals surface area contributed by atoms with Crippen LogP contribution in [-0.4, -0.2) is 27.7 Å². The fraction of sp³-hybridized carbons (Fsp3) is 0.667. The monoisotopic (exact) mass is 214 g/mol. The van der Waals surface area contributed by atoms with Crippen molar-refractivity contribution in [2.45, 2.75) is 26.8 Å². The van der Waals surface area contributed by atoms with Gasteiger partial charge in [0.25, 0.3) is 0 Å². The molecule has 1 heterocycles. The van der Waals surface area contributed by atoms with Crippen molar-refractivity contribution in [3.63, 3.8) is 0 Å². The number of hydrogen-bond donors (Lipinski definition) is 1. The quantitative estimate of drug-likeness (QED) is 0.530. The molecule has 4 nitrogen and oxygen atoms in total. The molecule has 0 bridgehead atoms. The van der Waals surface area contributed by atoms with Crippen molar-refractivity contribution in [3.05, 3.63) is 0 Å². The first kappa shape index (κ1) is 11.1. The topological polar surface area (TPSA) is 63.4 Å². The van der Waals surface area contributed by atoms with Crippen LogP contribution in [-0.2, 0) is 9.59 Å². The fourth-order valence-electron chi connectivity index (χ4n) is 1.48. The molecule has 3 unspecified atom stereocenters. The van der Waals surface area contributed by atoms with Gasteiger partial charge in [-0.15, -0.1) is 0 Å². The van der Waals surface area contributed by atoms with Crippen molar-refractivity contribution < 1.29 is 9.59 Å². The first-order valence-electron chi connectivity index (χ1n) is 4.54. The van der Waals surface area contributed by atoms with Crippen molar-refractivity contribution in [2.24, 2.45) is 17.6 Å². The number of carbonyl (C=O) groups is 2. The minimum atomic E-state index is -0.475. The van der Waals surface area contributed by atoms with Crippen molar-refractivity contribution in [3.8, 4) is 0 Å². The molecule has 1 fully saturated rings. The molecule has 14 heavy (non-hydrogen) atoms. The number of thiocarbonyl (C=S) groups is 1. The SMILES string of the molecule is CC1C(=O)N(C(C)C(N)=S)C(=O)C1C. The third-order valence-corrected chi connectivity index (χ3v) is 3.14. The van der Waals surface area contributed by atoms with Crippen LogP contribution >= 0.6 is 12.2 Å². The molecule has 0 saturated carbocycles. The third kappa shape index (κ3) is 1.52. The van der Waals surface area contributed by atoms with E-state index < -0.39 is 6.04 Å². The van der Waals surface area contributed by atoms with Crippen LogP contribution in [0.1, 0.15) is 20.8 Å². The van der Waals surface area contributed by atoms with Gasteiger partial charge in [-0.2, -0.15) is 0 Å². The van der Waals surface area contributed by atoms with Gasteiger partial charge in [0, 0.05) is 11.8 Å². The first-order valence-corrected chi connectivity index (χ1v) is 4.95. The predicted octanol–water partition coefficient (Wildman–Crippen LogP) is 0.302. The molecule has 0 aliphatic carbocycles. The van der Waals surface area contributed by atoms with E-state index in [1.807, 2.05) is 0 Å². The molecule has 1 aliphatic heterocycles. The molecule has 1 aliphatic rings. The molecule has 0 aromatic rings. The molecule has 1 saturated heterocycles. The summed E-state index contributed by atoms with van der Waals surface area (Å²) in [5.74, 6) is -0.885. The summed E-state index contributed by atoms with van der Waals surface area (Å²) in [7, 11) is 0. The van der Waals surface area contributed by atoms with Crippen LogP contribution in [0, 0.1) is 11.8 Å². The predicted molar refractivity (Wildman–Crippen MR) is 56.4 cm³/mol. The summed E-state index contributed by atoms with van der Waals surface area (Å²) in [5.41, 5.74) is 5.42. The lowest BCUT2D eigenvalue weighted by Crippen LogP contribution is -2.45. The zero-order chi connectivity index (χ0) is 11.0. The van der Waals surface area contributed by atoms with Gasteiger partial charge in [-0.05, 0) is 6.92 Å². The summed E-state index contributed by atoms with van der Waals surface area (Å²) in [4.78, 5) is 24.7. The van der Waals surface area contributed by atoms with E-state index in [9.17, 15) is 9.59 Å². The van der Waals surface area contributed by atoms with Gasteiger partial charge >= 0.3 is 0 Å². The molecule has 1 rings (SSSR count). The summed E-state index contributed by atoms with van der Waals surface area (Å²) in [6.07, 6.45) is 0. The third-order valence-electron chi connectivity index (χ3n) is 2.80. The second-order valence-electron chi connectivity index (χ2n) is 3.70. The Bertz CT molecular complexity index is 283. The highest BCUT2D eigenvalue weighted by Gasteiger charge is 2.44. The number of nitrogens with zero attached hydrogens (tertiary/aromatic N) is 1. The Labute approximate surface area is 88.4 Å². The number of nitrogens with two attached hydrogens (primary N) is 1. The van der Waals surface area contributed by atoms with Gasteiger partial charge in [0.15, 0.2) is 0 Å². The Hall–Kier alpha value is -0.970. The van der Waals surface area contributed by atoms with E-state index in [1.54, 1.807) is 20.8 Å². The lowest BCUT2D eigenvalue weighted by Gasteiger charge is -2.21. The van der Waals surface area contributed by atoms with Gasteiger partial charge in [0.1, 0.15) is 0 Å². The largest absolute Gasteiger partial charge is 0.392 e. The lowest BCUT2D eigenvalue weighted by atomic mass is 10.00. The smallest absolute Gasteiger partial charge is 0.233 e. The summed E-state index contributed by atoms with van der Waals surface area (Å²) in [6, 6.07) is -0.475. The summed E-state index contributed by atoms with van der Waals surface area (Å²) in [5, 5.41) is 0. The highest BCUT2D eigenvalue weighted by Crippen LogP contribution is 2.26. The zero-order valence-corrected chi connectivity index (χ0v) is 9.30. The normalized spacial score (nSPS) is 29.5. The standard InChI is InChI=1S/C9H14N2O2S/c1-4-5(2)9(13)11(8(4)12)6(3)7(10)14/h4-6H,1-3H3,(H2,10,14). The molecule has 5 heteroatoms. The van der Waals surface area contributed by atoms with E-state index in [2.05, 4.69) is 0 Å². The Morgan fingerprint density at radius 2 is 1.71 bits per heavy atom. The number of amides is 2. The van der Waals surface area contributed by atoms with Gasteiger partial charge in [0.05, 0.1) is 11.0 Å². The van der Waals surface area contributed by atoms with E-state index >= 15 is 0 Å². The van der Waals surface area contributed by atoms with Crippen LogP contribution < -0.4 is 5.73 Å². The molecule has 2 amide bonds. The molecule has 0 aromatic heterocycles. The van der Waals surface area contributed by atoms with Crippen molar-refractivity contribution in [1.29, 1.82) is 0 Å². The Morgan fingerprint density at radius 3 is 2.00 bits per heavy atom. The van der Waals surface area contributed by atoms with Gasteiger partial charge in [0.2, 0.25) is 11.8 Å². The average Bonchev–Trinajstić information content (AvgIpc) is 2.30. The van der Waals surface area contributed by atoms with Crippen LogP contribution in [0.3, 0.4) is 0 Å². The molecule has 0 spiro atoms. The average molecular weight is 214 g/mol. The lowest BCUT2D eigenvalue weighted by molar-refractivity contribution is -0.140. The summed E-state index contributed by atoms with van der Waals surface area (Å²) >= 11 is 4.77. The van der Waals surface area contributed by atoms with E-state index in [0.717, 1.165) is 0 Å². The number of carbonyl (C=O) groups excluding carboxylic acids is 2. The maximum Gasteiger partial charge on any atom is 0.233 e.